The van der Waals surface area contributed by atoms with Crippen molar-refractivity contribution in [2.24, 2.45) is 0 Å². The summed E-state index contributed by atoms with van der Waals surface area (Å²) >= 11 is 0. The van der Waals surface area contributed by atoms with Gasteiger partial charge < -0.3 is 10.1 Å². The third-order valence-electron chi connectivity index (χ3n) is 1.50. The molecule has 0 aliphatic rings. The Balaban J connectivity index is 2.67. The molecule has 1 aromatic carbocycles. The van der Waals surface area contributed by atoms with Crippen molar-refractivity contribution in [2.75, 3.05) is 13.9 Å². The van der Waals surface area contributed by atoms with Gasteiger partial charge in [-0.05, 0) is 24.7 Å². The number of rotatable bonds is 4. The largest absolute Gasteiger partial charge is 0.463 e. The van der Waals surface area contributed by atoms with Crippen LogP contribution in [0.1, 0.15) is 5.56 Å². The van der Waals surface area contributed by atoms with Crippen molar-refractivity contribution in [3.63, 3.8) is 0 Å². The van der Waals surface area contributed by atoms with E-state index in [9.17, 15) is 4.39 Å². The van der Waals surface area contributed by atoms with E-state index in [4.69, 9.17) is 4.74 Å². The normalized spacial score (nSPS) is 9.83. The maximum Gasteiger partial charge on any atom is 0.228 e. The lowest BCUT2D eigenvalue weighted by Gasteiger charge is -2.03. The van der Waals surface area contributed by atoms with Crippen LogP contribution in [-0.4, -0.2) is 13.9 Å². The Morgan fingerprint density at radius 1 is 1.50 bits per heavy atom. The molecule has 2 nitrogen and oxygen atoms in total. The Hall–Kier alpha value is -1.09. The highest BCUT2D eigenvalue weighted by molar-refractivity contribution is 5.28. The minimum Gasteiger partial charge on any atom is -0.463 e. The van der Waals surface area contributed by atoms with E-state index in [0.29, 0.717) is 5.75 Å². The highest BCUT2D eigenvalue weighted by Gasteiger charge is 1.94. The third-order valence-corrected chi connectivity index (χ3v) is 1.50. The van der Waals surface area contributed by atoms with E-state index in [1.54, 1.807) is 6.07 Å². The molecular formula is C9H12FNO. The Labute approximate surface area is 71.4 Å². The summed E-state index contributed by atoms with van der Waals surface area (Å²) in [6, 6.07) is 7.36. The van der Waals surface area contributed by atoms with Crippen LogP contribution in [0, 0.1) is 0 Å². The molecule has 1 rings (SSSR count). The second kappa shape index (κ2) is 4.72. The average Bonchev–Trinajstić information content (AvgIpc) is 2.06. The zero-order valence-electron chi connectivity index (χ0n) is 7.01. The van der Waals surface area contributed by atoms with E-state index in [1.165, 1.54) is 0 Å². The molecule has 0 aromatic heterocycles. The van der Waals surface area contributed by atoms with Crippen LogP contribution < -0.4 is 10.1 Å². The molecule has 0 atom stereocenters. The van der Waals surface area contributed by atoms with Crippen LogP contribution in [0.5, 0.6) is 5.75 Å². The topological polar surface area (TPSA) is 21.3 Å². The molecule has 0 saturated carbocycles. The van der Waals surface area contributed by atoms with Gasteiger partial charge in [0.05, 0.1) is 0 Å². The van der Waals surface area contributed by atoms with Crippen LogP contribution in [0.15, 0.2) is 24.3 Å². The van der Waals surface area contributed by atoms with E-state index < -0.39 is 6.86 Å². The maximum atomic E-state index is 11.8. The van der Waals surface area contributed by atoms with Crippen LogP contribution in [0.4, 0.5) is 4.39 Å². The standard InChI is InChI=1S/C9H12FNO/c1-11-6-8-3-2-4-9(5-8)12-7-10/h2-5,11H,6-7H2,1H3. The average molecular weight is 169 g/mol. The van der Waals surface area contributed by atoms with E-state index in [0.717, 1.165) is 12.1 Å². The summed E-state index contributed by atoms with van der Waals surface area (Å²) in [6.45, 7) is -0.00745. The van der Waals surface area contributed by atoms with Crippen LogP contribution in [0.2, 0.25) is 0 Å². The maximum absolute atomic E-state index is 11.8. The minimum atomic E-state index is -0.775. The zero-order chi connectivity index (χ0) is 8.81. The molecule has 0 unspecified atom stereocenters. The van der Waals surface area contributed by atoms with Gasteiger partial charge in [0.15, 0.2) is 0 Å². The first-order chi connectivity index (χ1) is 5.86. The molecule has 0 saturated heterocycles. The molecule has 0 fully saturated rings. The van der Waals surface area contributed by atoms with Crippen molar-refractivity contribution < 1.29 is 9.13 Å². The number of hydrogen-bond acceptors (Lipinski definition) is 2. The van der Waals surface area contributed by atoms with Crippen molar-refractivity contribution in [1.82, 2.24) is 5.32 Å². The summed E-state index contributed by atoms with van der Waals surface area (Å²) in [5.41, 5.74) is 1.09. The van der Waals surface area contributed by atoms with Crippen molar-refractivity contribution in [2.45, 2.75) is 6.54 Å². The lowest BCUT2D eigenvalue weighted by molar-refractivity contribution is 0.191. The summed E-state index contributed by atoms with van der Waals surface area (Å²) in [5.74, 6) is 0.574. The van der Waals surface area contributed by atoms with Gasteiger partial charge in [-0.25, -0.2) is 4.39 Å². The Morgan fingerprint density at radius 2 is 2.33 bits per heavy atom. The molecule has 0 bridgehead atoms. The summed E-state index contributed by atoms with van der Waals surface area (Å²) in [7, 11) is 1.86. The number of nitrogens with one attached hydrogen (secondary N) is 1. The molecule has 1 N–H and O–H groups in total. The highest BCUT2D eigenvalue weighted by atomic mass is 19.1. The first kappa shape index (κ1) is 9.00. The van der Waals surface area contributed by atoms with Crippen LogP contribution in [0.3, 0.4) is 0 Å². The van der Waals surface area contributed by atoms with E-state index in [2.05, 4.69) is 5.32 Å². The SMILES string of the molecule is CNCc1cccc(OCF)c1. The zero-order valence-corrected chi connectivity index (χ0v) is 7.01. The summed E-state index contributed by atoms with van der Waals surface area (Å²) in [6.07, 6.45) is 0. The molecule has 0 aliphatic heterocycles. The predicted octanol–water partition coefficient (Wildman–Crippen LogP) is 1.71. The molecule has 66 valence electrons. The lowest BCUT2D eigenvalue weighted by atomic mass is 10.2. The van der Waals surface area contributed by atoms with Gasteiger partial charge in [0.25, 0.3) is 0 Å². The summed E-state index contributed by atoms with van der Waals surface area (Å²) in [5, 5.41) is 3.00. The van der Waals surface area contributed by atoms with Crippen molar-refractivity contribution >= 4 is 0 Å². The smallest absolute Gasteiger partial charge is 0.228 e. The number of ether oxygens (including phenoxy) is 1. The number of hydrogen-bond donors (Lipinski definition) is 1. The van der Waals surface area contributed by atoms with E-state index >= 15 is 0 Å². The summed E-state index contributed by atoms with van der Waals surface area (Å²) in [4.78, 5) is 0. The Kier molecular flexibility index (Phi) is 3.54. The molecular weight excluding hydrogens is 157 g/mol. The number of halogens is 1. The van der Waals surface area contributed by atoms with Gasteiger partial charge in [-0.1, -0.05) is 12.1 Å². The van der Waals surface area contributed by atoms with Crippen molar-refractivity contribution in [3.8, 4) is 5.75 Å². The van der Waals surface area contributed by atoms with Crippen LogP contribution in [-0.2, 0) is 6.54 Å². The number of benzene rings is 1. The predicted molar refractivity (Wildman–Crippen MR) is 45.8 cm³/mol. The van der Waals surface area contributed by atoms with Crippen molar-refractivity contribution in [3.05, 3.63) is 29.8 Å². The molecule has 0 aliphatic carbocycles. The third kappa shape index (κ3) is 2.51. The first-order valence-corrected chi connectivity index (χ1v) is 3.79. The van der Waals surface area contributed by atoms with Gasteiger partial charge >= 0.3 is 0 Å². The van der Waals surface area contributed by atoms with Gasteiger partial charge in [-0.3, -0.25) is 0 Å². The Morgan fingerprint density at radius 3 is 3.00 bits per heavy atom. The molecule has 0 radical (unpaired) electrons. The molecule has 3 heteroatoms. The number of alkyl halides is 1. The first-order valence-electron chi connectivity index (χ1n) is 3.79. The lowest BCUT2D eigenvalue weighted by Crippen LogP contribution is -2.04. The minimum absolute atomic E-state index is 0.574. The van der Waals surface area contributed by atoms with Gasteiger partial charge in [-0.2, -0.15) is 0 Å². The van der Waals surface area contributed by atoms with Crippen LogP contribution in [0.25, 0.3) is 0 Å². The second-order valence-corrected chi connectivity index (χ2v) is 2.43. The van der Waals surface area contributed by atoms with Crippen molar-refractivity contribution in [1.29, 1.82) is 0 Å². The fraction of sp³-hybridized carbons (Fsp3) is 0.333. The molecule has 0 amide bonds. The van der Waals surface area contributed by atoms with Gasteiger partial charge in [0.2, 0.25) is 6.86 Å². The molecule has 0 heterocycles. The monoisotopic (exact) mass is 169 g/mol. The Bertz CT molecular complexity index is 218. The van der Waals surface area contributed by atoms with Gasteiger partial charge in [0.1, 0.15) is 5.75 Å². The quantitative estimate of drug-likeness (QED) is 0.740. The summed E-state index contributed by atoms with van der Waals surface area (Å²) < 4.78 is 16.5. The molecule has 12 heavy (non-hydrogen) atoms. The highest BCUT2D eigenvalue weighted by Crippen LogP contribution is 2.12. The van der Waals surface area contributed by atoms with Gasteiger partial charge in [0, 0.05) is 6.54 Å². The molecule has 1 aromatic rings. The van der Waals surface area contributed by atoms with E-state index in [1.807, 2.05) is 25.2 Å². The van der Waals surface area contributed by atoms with E-state index in [-0.39, 0.29) is 0 Å². The fourth-order valence-electron chi connectivity index (χ4n) is 1.01. The fourth-order valence-corrected chi connectivity index (χ4v) is 1.01. The van der Waals surface area contributed by atoms with Crippen LogP contribution >= 0.6 is 0 Å². The molecule has 0 spiro atoms. The van der Waals surface area contributed by atoms with Gasteiger partial charge in [-0.15, -0.1) is 0 Å². The second-order valence-electron chi connectivity index (χ2n) is 2.43.